The van der Waals surface area contributed by atoms with E-state index in [-0.39, 0.29) is 0 Å². The molecule has 0 amide bonds. The lowest BCUT2D eigenvalue weighted by Gasteiger charge is -2.34. The number of hydrogen-bond donors (Lipinski definition) is 0. The van der Waals surface area contributed by atoms with Crippen LogP contribution in [0, 0.1) is 0 Å². The second-order valence-electron chi connectivity index (χ2n) is 13.7. The average molecular weight is 790 g/mol. The summed E-state index contributed by atoms with van der Waals surface area (Å²) in [6.45, 7) is 0. The van der Waals surface area contributed by atoms with Gasteiger partial charge in [0.25, 0.3) is 0 Å². The topological polar surface area (TPSA) is 33.7 Å². The van der Waals surface area contributed by atoms with Crippen molar-refractivity contribution in [3.8, 4) is 16.8 Å². The zero-order valence-electron chi connectivity index (χ0n) is 28.3. The van der Waals surface area contributed by atoms with Gasteiger partial charge in [-0.1, -0.05) is 121 Å². The van der Waals surface area contributed by atoms with Crippen LogP contribution < -0.4 is 4.90 Å². The van der Waals surface area contributed by atoms with Crippen LogP contribution in [0.4, 0.5) is 17.1 Å². The van der Waals surface area contributed by atoms with E-state index in [0.29, 0.717) is 0 Å². The fraction of sp³-hybridized carbons (Fsp3) is 0. The lowest BCUT2D eigenvalue weighted by Crippen LogP contribution is -2.26. The van der Waals surface area contributed by atoms with Gasteiger partial charge in [-0.3, -0.25) is 4.90 Å². The van der Waals surface area contributed by atoms with Crippen molar-refractivity contribution in [1.82, 2.24) is 4.57 Å². The molecule has 248 valence electrons. The third-order valence-corrected chi connectivity index (χ3v) is 13.6. The molecule has 0 saturated carbocycles. The van der Waals surface area contributed by atoms with Gasteiger partial charge in [-0.2, -0.15) is 0 Å². The summed E-state index contributed by atoms with van der Waals surface area (Å²) in [5.41, 5.74) is 11.4. The van der Waals surface area contributed by atoms with E-state index < -0.39 is 20.7 Å². The molecule has 0 saturated heterocycles. The van der Waals surface area contributed by atoms with E-state index >= 15 is 0 Å². The van der Waals surface area contributed by atoms with Gasteiger partial charge in [-0.05, 0) is 91.0 Å². The van der Waals surface area contributed by atoms with Crippen molar-refractivity contribution in [2.45, 2.75) is 0 Å². The number of rotatable bonds is 2. The van der Waals surface area contributed by atoms with Crippen molar-refractivity contribution in [2.24, 2.45) is 4.99 Å². The van der Waals surface area contributed by atoms with E-state index in [4.69, 9.17) is 9.41 Å². The van der Waals surface area contributed by atoms with Crippen molar-refractivity contribution in [1.29, 1.82) is 0 Å². The standard InChI is InChI=1S/C48H28IN3O/c1-2-16-31(17-3-1)51-37-23-8-6-19-33(37)44-36(22-12-25-39(44)51)45-47-46(34-20-7-9-26-41(34)53-47)50-48(49-45)52-38-24-11-15-30-14-10-21-35(42(30)38)43-32-18-5-4-13-29(32)27-28-40(43)52/h1-28H. The van der Waals surface area contributed by atoms with Crippen LogP contribution in [0.5, 0.6) is 0 Å². The van der Waals surface area contributed by atoms with E-state index in [1.807, 2.05) is 0 Å². The molecule has 12 rings (SSSR count). The Morgan fingerprint density at radius 1 is 0.491 bits per heavy atom. The third-order valence-electron chi connectivity index (χ3n) is 10.8. The number of anilines is 2. The van der Waals surface area contributed by atoms with Crippen LogP contribution >= 0.6 is 20.7 Å². The first-order chi connectivity index (χ1) is 26.3. The number of furan rings is 1. The summed E-state index contributed by atoms with van der Waals surface area (Å²) in [6, 6.07) is 61.3. The zero-order valence-corrected chi connectivity index (χ0v) is 30.5. The minimum absolute atomic E-state index is 0.861. The highest BCUT2D eigenvalue weighted by Gasteiger charge is 2.33. The molecule has 2 aliphatic heterocycles. The summed E-state index contributed by atoms with van der Waals surface area (Å²) in [6.07, 6.45) is 0. The summed E-state index contributed by atoms with van der Waals surface area (Å²) >= 11 is -0.880. The van der Waals surface area contributed by atoms with Gasteiger partial charge in [0, 0.05) is 38.4 Å². The summed E-state index contributed by atoms with van der Waals surface area (Å²) in [5.74, 6) is 0.890. The van der Waals surface area contributed by atoms with E-state index in [1.54, 1.807) is 0 Å². The Hall–Kier alpha value is -6.31. The molecule has 2 aromatic heterocycles. The second-order valence-corrected chi connectivity index (χ2v) is 16.2. The van der Waals surface area contributed by atoms with E-state index in [2.05, 4.69) is 179 Å². The van der Waals surface area contributed by atoms with Crippen LogP contribution in [0.2, 0.25) is 0 Å². The molecule has 0 atom stereocenters. The Kier molecular flexibility index (Phi) is 6.13. The molecule has 4 heterocycles. The smallest absolute Gasteiger partial charge is 0.172 e. The van der Waals surface area contributed by atoms with Crippen molar-refractivity contribution in [2.75, 3.05) is 4.90 Å². The molecule has 0 radical (unpaired) electrons. The Morgan fingerprint density at radius 2 is 1.19 bits per heavy atom. The van der Waals surface area contributed by atoms with Gasteiger partial charge in [0.05, 0.1) is 25.9 Å². The van der Waals surface area contributed by atoms with Gasteiger partial charge in [-0.15, -0.1) is 0 Å². The fourth-order valence-corrected chi connectivity index (χ4v) is 11.6. The zero-order chi connectivity index (χ0) is 34.6. The van der Waals surface area contributed by atoms with Gasteiger partial charge >= 0.3 is 0 Å². The van der Waals surface area contributed by atoms with Crippen LogP contribution in [0.3, 0.4) is 0 Å². The van der Waals surface area contributed by atoms with E-state index in [1.165, 1.54) is 74.9 Å². The van der Waals surface area contributed by atoms with Crippen LogP contribution in [-0.4, -0.2) is 11.9 Å². The molecule has 0 N–H and O–H groups in total. The maximum absolute atomic E-state index is 6.84. The quantitative estimate of drug-likeness (QED) is 0.129. The van der Waals surface area contributed by atoms with Crippen LogP contribution in [0.15, 0.2) is 179 Å². The molecule has 0 aliphatic carbocycles. The van der Waals surface area contributed by atoms with Crippen LogP contribution in [0.25, 0.3) is 71.1 Å². The summed E-state index contributed by atoms with van der Waals surface area (Å²) in [7, 11) is 0. The van der Waals surface area contributed by atoms with Gasteiger partial charge in [0.15, 0.2) is 9.60 Å². The minimum atomic E-state index is -0.880. The van der Waals surface area contributed by atoms with Crippen LogP contribution in [-0.2, 0) is 0 Å². The minimum Gasteiger partial charge on any atom is -0.453 e. The number of fused-ring (bicyclic) bond motifs is 10. The number of benzene rings is 8. The van der Waals surface area contributed by atoms with Crippen LogP contribution in [0.1, 0.15) is 11.3 Å². The molecule has 2 aliphatic rings. The number of nitrogens with zero attached hydrogens (tertiary/aromatic N) is 3. The fourth-order valence-electron chi connectivity index (χ4n) is 8.63. The number of aliphatic imine (C=N–C) groups is 1. The second kappa shape index (κ2) is 11.1. The van der Waals surface area contributed by atoms with E-state index in [0.717, 1.165) is 31.9 Å². The molecule has 0 fully saturated rings. The molecule has 0 spiro atoms. The van der Waals surface area contributed by atoms with E-state index in [9.17, 15) is 0 Å². The van der Waals surface area contributed by atoms with Crippen molar-refractivity contribution in [3.05, 3.63) is 181 Å². The average Bonchev–Trinajstić information content (AvgIpc) is 3.77. The number of para-hydroxylation sites is 3. The lowest BCUT2D eigenvalue weighted by atomic mass is 9.88. The number of amidine groups is 1. The Labute approximate surface area is 314 Å². The largest absolute Gasteiger partial charge is 0.453 e. The number of aromatic nitrogens is 1. The molecule has 8 aromatic carbocycles. The highest BCUT2D eigenvalue weighted by molar-refractivity contribution is 14.2. The summed E-state index contributed by atoms with van der Waals surface area (Å²) in [5, 5.41) is 8.50. The predicted molar refractivity (Wildman–Crippen MR) is 230 cm³/mol. The van der Waals surface area contributed by atoms with Crippen molar-refractivity contribution in [3.63, 3.8) is 0 Å². The molecular formula is C48H28IN3O. The highest BCUT2D eigenvalue weighted by Crippen LogP contribution is 2.53. The lowest BCUT2D eigenvalue weighted by molar-refractivity contribution is 0.608. The Balaban J connectivity index is 1.19. The first kappa shape index (κ1) is 29.3. The molecule has 0 bridgehead atoms. The molecular weight excluding hydrogens is 761 g/mol. The number of halogens is 1. The number of hydrogen-bond acceptors (Lipinski definition) is 3. The van der Waals surface area contributed by atoms with Gasteiger partial charge in [0.2, 0.25) is 0 Å². The SMILES string of the molecule is c1ccc(-n2c3ccccc3c3c(C4=IC(N5c6ccc7ccccc7c6-c6cccc7cccc5c67)=Nc5c4oc4ccccc54)cccc32)cc1. The predicted octanol–water partition coefficient (Wildman–Crippen LogP) is 13.2. The summed E-state index contributed by atoms with van der Waals surface area (Å²) in [4.78, 5) is 8.11. The van der Waals surface area contributed by atoms with Crippen molar-refractivity contribution < 1.29 is 4.42 Å². The summed E-state index contributed by atoms with van der Waals surface area (Å²) < 4.78 is 11.6. The Bertz CT molecular complexity index is 3240. The van der Waals surface area contributed by atoms with Gasteiger partial charge in [-0.25, -0.2) is 4.99 Å². The molecule has 5 heteroatoms. The van der Waals surface area contributed by atoms with Crippen molar-refractivity contribution >= 4 is 99.5 Å². The molecule has 53 heavy (non-hydrogen) atoms. The first-order valence-electron chi connectivity index (χ1n) is 17.9. The third kappa shape index (κ3) is 4.11. The Morgan fingerprint density at radius 3 is 2.09 bits per heavy atom. The highest BCUT2D eigenvalue weighted by atomic mass is 127. The van der Waals surface area contributed by atoms with Gasteiger partial charge < -0.3 is 8.98 Å². The normalized spacial score (nSPS) is 13.6. The first-order valence-corrected chi connectivity index (χ1v) is 20.0. The molecule has 0 unspecified atom stereocenters. The van der Waals surface area contributed by atoms with Gasteiger partial charge in [0.1, 0.15) is 11.3 Å². The molecule has 10 aromatic rings. The maximum Gasteiger partial charge on any atom is 0.172 e. The molecule has 4 nitrogen and oxygen atoms in total. The maximum atomic E-state index is 6.84. The monoisotopic (exact) mass is 789 g/mol.